The molecule has 0 saturated carbocycles. The summed E-state index contributed by atoms with van der Waals surface area (Å²) >= 11 is 0. The highest BCUT2D eigenvalue weighted by atomic mass is 16.5. The standard InChI is InChI=1S/C30H35NO7/c1-6-7-12-38-30(34)27-17(2)31-21-13-20(18-8-11-25(36-4)26(16-18)37-5)15-23(33)29(21)28(27)19-9-10-24(35-3)22(32)14-19/h8-11,14,16,20,27-28,32H,6-7,12-13,15H2,1-5H3. The van der Waals surface area contributed by atoms with Crippen molar-refractivity contribution in [2.75, 3.05) is 27.9 Å². The highest BCUT2D eigenvalue weighted by Gasteiger charge is 2.45. The highest BCUT2D eigenvalue weighted by Crippen LogP contribution is 2.48. The molecule has 0 aromatic heterocycles. The Morgan fingerprint density at radius 2 is 1.66 bits per heavy atom. The molecule has 2 aromatic carbocycles. The maximum absolute atomic E-state index is 13.8. The number of esters is 1. The number of methoxy groups -OCH3 is 3. The van der Waals surface area contributed by atoms with Crippen molar-refractivity contribution in [1.29, 1.82) is 0 Å². The average molecular weight is 522 g/mol. The van der Waals surface area contributed by atoms with Crippen LogP contribution in [0.4, 0.5) is 0 Å². The van der Waals surface area contributed by atoms with E-state index in [1.54, 1.807) is 39.3 Å². The number of carbonyl (C=O) groups excluding carboxylic acids is 2. The van der Waals surface area contributed by atoms with E-state index >= 15 is 0 Å². The van der Waals surface area contributed by atoms with Gasteiger partial charge in [-0.25, -0.2) is 0 Å². The highest BCUT2D eigenvalue weighted by molar-refractivity contribution is 6.09. The average Bonchev–Trinajstić information content (AvgIpc) is 2.91. The number of allylic oxidation sites excluding steroid dienone is 2. The summed E-state index contributed by atoms with van der Waals surface area (Å²) in [5.74, 6) is -0.500. The van der Waals surface area contributed by atoms with Crippen molar-refractivity contribution >= 4 is 17.5 Å². The van der Waals surface area contributed by atoms with Crippen LogP contribution >= 0.6 is 0 Å². The van der Waals surface area contributed by atoms with Crippen LogP contribution < -0.4 is 14.2 Å². The van der Waals surface area contributed by atoms with Crippen LogP contribution in [-0.2, 0) is 14.3 Å². The van der Waals surface area contributed by atoms with Gasteiger partial charge in [0.05, 0.1) is 27.9 Å². The molecule has 1 N–H and O–H groups in total. The smallest absolute Gasteiger partial charge is 0.315 e. The van der Waals surface area contributed by atoms with Crippen LogP contribution in [0.3, 0.4) is 0 Å². The molecule has 0 bridgehead atoms. The van der Waals surface area contributed by atoms with Crippen molar-refractivity contribution in [3.05, 3.63) is 58.8 Å². The fourth-order valence-corrected chi connectivity index (χ4v) is 5.37. The number of nitrogens with zero attached hydrogens (tertiary/aromatic N) is 1. The summed E-state index contributed by atoms with van der Waals surface area (Å²) in [7, 11) is 4.64. The SMILES string of the molecule is CCCCOC(=O)C1C(C)=NC2=C(C(=O)CC(c3ccc(OC)c(OC)c3)C2)C1c1ccc(OC)c(O)c1. The molecule has 8 heteroatoms. The van der Waals surface area contributed by atoms with E-state index in [-0.39, 0.29) is 23.9 Å². The molecule has 38 heavy (non-hydrogen) atoms. The zero-order chi connectivity index (χ0) is 27.4. The van der Waals surface area contributed by atoms with Gasteiger partial charge in [-0.3, -0.25) is 14.6 Å². The van der Waals surface area contributed by atoms with Gasteiger partial charge in [-0.1, -0.05) is 25.5 Å². The summed E-state index contributed by atoms with van der Waals surface area (Å²) in [6, 6.07) is 10.7. The second kappa shape index (κ2) is 11.7. The second-order valence-corrected chi connectivity index (χ2v) is 9.66. The topological polar surface area (TPSA) is 104 Å². The van der Waals surface area contributed by atoms with Crippen molar-refractivity contribution in [2.24, 2.45) is 10.9 Å². The summed E-state index contributed by atoms with van der Waals surface area (Å²) in [5, 5.41) is 10.5. The zero-order valence-electron chi connectivity index (χ0n) is 22.6. The molecule has 3 atom stereocenters. The van der Waals surface area contributed by atoms with Crippen LogP contribution in [0, 0.1) is 5.92 Å². The first kappa shape index (κ1) is 27.2. The van der Waals surface area contributed by atoms with Gasteiger partial charge in [-0.2, -0.15) is 0 Å². The molecule has 1 aliphatic heterocycles. The van der Waals surface area contributed by atoms with Crippen molar-refractivity contribution in [3.63, 3.8) is 0 Å². The first-order valence-electron chi connectivity index (χ1n) is 12.9. The number of ketones is 1. The van der Waals surface area contributed by atoms with Crippen LogP contribution in [0.1, 0.15) is 62.5 Å². The molecule has 1 aliphatic carbocycles. The third-order valence-corrected chi connectivity index (χ3v) is 7.33. The second-order valence-electron chi connectivity index (χ2n) is 9.66. The largest absolute Gasteiger partial charge is 0.504 e. The van der Waals surface area contributed by atoms with Gasteiger partial charge in [0.15, 0.2) is 28.8 Å². The lowest BCUT2D eigenvalue weighted by atomic mass is 9.69. The van der Waals surface area contributed by atoms with E-state index < -0.39 is 17.8 Å². The van der Waals surface area contributed by atoms with Crippen molar-refractivity contribution < 1.29 is 33.6 Å². The minimum absolute atomic E-state index is 0.0584. The third-order valence-electron chi connectivity index (χ3n) is 7.33. The number of benzene rings is 2. The Balaban J connectivity index is 1.76. The number of aliphatic imine (C=N–C) groups is 1. The van der Waals surface area contributed by atoms with Gasteiger partial charge >= 0.3 is 5.97 Å². The number of phenols is 1. The Morgan fingerprint density at radius 1 is 0.974 bits per heavy atom. The van der Waals surface area contributed by atoms with E-state index in [2.05, 4.69) is 0 Å². The van der Waals surface area contributed by atoms with E-state index in [0.717, 1.165) is 18.4 Å². The lowest BCUT2D eigenvalue weighted by Crippen LogP contribution is -2.38. The number of rotatable bonds is 9. The van der Waals surface area contributed by atoms with Crippen molar-refractivity contribution in [2.45, 2.75) is 51.4 Å². The van der Waals surface area contributed by atoms with Gasteiger partial charge in [0.2, 0.25) is 0 Å². The number of Topliss-reactive ketones (excluding diaryl/α,β-unsaturated/α-hetero) is 1. The predicted octanol–water partition coefficient (Wildman–Crippen LogP) is 5.34. The first-order chi connectivity index (χ1) is 18.3. The van der Waals surface area contributed by atoms with E-state index in [9.17, 15) is 14.7 Å². The van der Waals surface area contributed by atoms with E-state index in [1.807, 2.05) is 25.1 Å². The quantitative estimate of drug-likeness (QED) is 0.351. The molecular formula is C30H35NO7. The fourth-order valence-electron chi connectivity index (χ4n) is 5.37. The number of carbonyl (C=O) groups is 2. The van der Waals surface area contributed by atoms with E-state index in [0.29, 0.717) is 52.8 Å². The molecule has 0 spiro atoms. The van der Waals surface area contributed by atoms with Gasteiger partial charge in [0.25, 0.3) is 0 Å². The fraction of sp³-hybridized carbons (Fsp3) is 0.433. The number of unbranched alkanes of at least 4 members (excludes halogenated alkanes) is 1. The Hall–Kier alpha value is -3.81. The maximum atomic E-state index is 13.8. The van der Waals surface area contributed by atoms with Crippen LogP contribution in [0.5, 0.6) is 23.0 Å². The number of hydrogen-bond donors (Lipinski definition) is 1. The predicted molar refractivity (Wildman–Crippen MR) is 143 cm³/mol. The number of hydrogen-bond acceptors (Lipinski definition) is 8. The lowest BCUT2D eigenvalue weighted by molar-refractivity contribution is -0.146. The van der Waals surface area contributed by atoms with Gasteiger partial charge in [-0.05, 0) is 61.1 Å². The van der Waals surface area contributed by atoms with E-state index in [1.165, 1.54) is 7.11 Å². The zero-order valence-corrected chi connectivity index (χ0v) is 22.6. The molecule has 0 saturated heterocycles. The summed E-state index contributed by atoms with van der Waals surface area (Å²) in [6.07, 6.45) is 2.44. The van der Waals surface area contributed by atoms with Crippen LogP contribution in [0.25, 0.3) is 0 Å². The molecule has 0 amide bonds. The Labute approximate surface area is 223 Å². The van der Waals surface area contributed by atoms with Gasteiger partial charge in [0.1, 0.15) is 5.92 Å². The number of phenolic OH excluding ortho intramolecular Hbond substituents is 1. The molecule has 2 aromatic rings. The van der Waals surface area contributed by atoms with Crippen LogP contribution in [-0.4, -0.2) is 50.5 Å². The molecule has 2 aliphatic rings. The summed E-state index contributed by atoms with van der Waals surface area (Å²) < 4.78 is 21.6. The van der Waals surface area contributed by atoms with E-state index in [4.69, 9.17) is 23.9 Å². The lowest BCUT2D eigenvalue weighted by Gasteiger charge is -2.36. The Kier molecular flexibility index (Phi) is 8.39. The van der Waals surface area contributed by atoms with Gasteiger partial charge < -0.3 is 24.1 Å². The molecule has 1 heterocycles. The van der Waals surface area contributed by atoms with Crippen LogP contribution in [0.15, 0.2) is 52.7 Å². The van der Waals surface area contributed by atoms with Gasteiger partial charge in [0, 0.05) is 29.3 Å². The minimum Gasteiger partial charge on any atom is -0.504 e. The summed E-state index contributed by atoms with van der Waals surface area (Å²) in [5.41, 5.74) is 3.35. The summed E-state index contributed by atoms with van der Waals surface area (Å²) in [6.45, 7) is 4.13. The molecule has 4 rings (SSSR count). The molecule has 0 radical (unpaired) electrons. The molecule has 8 nitrogen and oxygen atoms in total. The normalized spacial score (nSPS) is 20.9. The monoisotopic (exact) mass is 521 g/mol. The van der Waals surface area contributed by atoms with Crippen molar-refractivity contribution in [3.8, 4) is 23.0 Å². The molecule has 202 valence electrons. The Morgan fingerprint density at radius 3 is 2.32 bits per heavy atom. The maximum Gasteiger partial charge on any atom is 0.315 e. The number of ether oxygens (including phenoxy) is 4. The molecule has 0 fully saturated rings. The third kappa shape index (κ3) is 5.26. The van der Waals surface area contributed by atoms with Gasteiger partial charge in [-0.15, -0.1) is 0 Å². The summed E-state index contributed by atoms with van der Waals surface area (Å²) in [4.78, 5) is 31.9. The molecular weight excluding hydrogens is 486 g/mol. The first-order valence-corrected chi connectivity index (χ1v) is 12.9. The van der Waals surface area contributed by atoms with Crippen molar-refractivity contribution in [1.82, 2.24) is 0 Å². The van der Waals surface area contributed by atoms with Crippen LogP contribution in [0.2, 0.25) is 0 Å². The Bertz CT molecular complexity index is 1280. The number of aromatic hydroxyl groups is 1. The minimum atomic E-state index is -0.764. The molecule has 3 unspecified atom stereocenters.